The molecule has 15 heavy (non-hydrogen) atoms. The molecule has 6 heteroatoms. The molecular weight excluding hydrogens is 200 g/mol. The highest BCUT2D eigenvalue weighted by Gasteiger charge is 2.18. The number of carboxylic acid groups (broad SMARTS) is 2. The van der Waals surface area contributed by atoms with E-state index in [4.69, 9.17) is 15.0 Å². The van der Waals surface area contributed by atoms with E-state index in [9.17, 15) is 4.79 Å². The summed E-state index contributed by atoms with van der Waals surface area (Å²) in [6.07, 6.45) is 2.95. The molecule has 0 bridgehead atoms. The Bertz CT molecular complexity index is 176. The van der Waals surface area contributed by atoms with E-state index in [0.29, 0.717) is 0 Å². The summed E-state index contributed by atoms with van der Waals surface area (Å²) in [5.41, 5.74) is 0. The van der Waals surface area contributed by atoms with Gasteiger partial charge in [-0.1, -0.05) is 6.42 Å². The maximum Gasteiger partial charge on any atom is 0.320 e. The van der Waals surface area contributed by atoms with Gasteiger partial charge in [0.15, 0.2) is 0 Å². The number of nitrogens with one attached hydrogen (secondary N) is 2. The molecule has 1 unspecified atom stereocenters. The number of rotatable bonds is 1. The summed E-state index contributed by atoms with van der Waals surface area (Å²) in [6, 6.07) is -0.279. The average molecular weight is 218 g/mol. The van der Waals surface area contributed by atoms with E-state index in [2.05, 4.69) is 10.6 Å². The quantitative estimate of drug-likeness (QED) is 0.349. The number of aliphatic carboxylic acids is 1. The molecule has 0 aliphatic carbocycles. The Balaban J connectivity index is 0.000000268. The zero-order valence-corrected chi connectivity index (χ0v) is 8.61. The van der Waals surface area contributed by atoms with Crippen LogP contribution in [-0.4, -0.2) is 48.3 Å². The maximum atomic E-state index is 10.3. The van der Waals surface area contributed by atoms with Crippen LogP contribution in [-0.2, 0) is 9.59 Å². The van der Waals surface area contributed by atoms with Gasteiger partial charge in [0.1, 0.15) is 6.04 Å². The van der Waals surface area contributed by atoms with Crippen molar-refractivity contribution in [3.05, 3.63) is 0 Å². The van der Waals surface area contributed by atoms with Crippen LogP contribution >= 0.6 is 0 Å². The number of piperidine rings is 1. The van der Waals surface area contributed by atoms with Gasteiger partial charge in [0.25, 0.3) is 6.47 Å². The minimum atomic E-state index is -0.713. The molecule has 0 aromatic rings. The van der Waals surface area contributed by atoms with E-state index in [1.54, 1.807) is 0 Å². The Morgan fingerprint density at radius 2 is 1.80 bits per heavy atom. The van der Waals surface area contributed by atoms with Crippen LogP contribution in [0.1, 0.15) is 19.3 Å². The van der Waals surface area contributed by atoms with Gasteiger partial charge < -0.3 is 20.8 Å². The van der Waals surface area contributed by atoms with Crippen LogP contribution in [0.2, 0.25) is 0 Å². The Labute approximate surface area is 88.7 Å². The molecule has 2 aliphatic heterocycles. The molecule has 2 fully saturated rings. The minimum Gasteiger partial charge on any atom is -0.483 e. The second-order valence-electron chi connectivity index (χ2n) is 3.20. The summed E-state index contributed by atoms with van der Waals surface area (Å²) in [5.74, 6) is -0.713. The number of hydrogen-bond donors (Lipinski definition) is 4. The summed E-state index contributed by atoms with van der Waals surface area (Å²) in [6.45, 7) is 3.11. The summed E-state index contributed by atoms with van der Waals surface area (Å²) in [5, 5.41) is 21.3. The van der Waals surface area contributed by atoms with Gasteiger partial charge >= 0.3 is 5.97 Å². The summed E-state index contributed by atoms with van der Waals surface area (Å²) in [4.78, 5) is 18.7. The van der Waals surface area contributed by atoms with Crippen molar-refractivity contribution in [1.29, 1.82) is 0 Å². The molecule has 0 saturated carbocycles. The van der Waals surface area contributed by atoms with E-state index in [0.717, 1.165) is 25.8 Å². The molecule has 2 rings (SSSR count). The van der Waals surface area contributed by atoms with E-state index >= 15 is 0 Å². The lowest BCUT2D eigenvalue weighted by atomic mass is 10.1. The molecule has 0 spiro atoms. The SMILES string of the molecule is C1CN1.O=C(O)C1CCCCN1.O=CO. The molecular formula is C9H18N2O4. The fourth-order valence-corrected chi connectivity index (χ4v) is 1.06. The monoisotopic (exact) mass is 218 g/mol. The van der Waals surface area contributed by atoms with Crippen molar-refractivity contribution < 1.29 is 19.8 Å². The highest BCUT2D eigenvalue weighted by atomic mass is 16.4. The molecule has 2 aliphatic rings. The molecule has 0 aromatic heterocycles. The molecule has 2 saturated heterocycles. The van der Waals surface area contributed by atoms with Gasteiger partial charge in [-0.3, -0.25) is 9.59 Å². The van der Waals surface area contributed by atoms with Gasteiger partial charge in [0.2, 0.25) is 0 Å². The third-order valence-corrected chi connectivity index (χ3v) is 1.86. The third-order valence-electron chi connectivity index (χ3n) is 1.86. The predicted molar refractivity (Wildman–Crippen MR) is 54.8 cm³/mol. The Morgan fingerprint density at radius 1 is 1.27 bits per heavy atom. The number of hydrogen-bond acceptors (Lipinski definition) is 4. The molecule has 4 N–H and O–H groups in total. The minimum absolute atomic E-state index is 0.250. The van der Waals surface area contributed by atoms with Gasteiger partial charge in [-0.25, -0.2) is 0 Å². The molecule has 2 heterocycles. The molecule has 0 radical (unpaired) electrons. The summed E-state index contributed by atoms with van der Waals surface area (Å²) in [7, 11) is 0. The Hall–Kier alpha value is -1.14. The zero-order valence-electron chi connectivity index (χ0n) is 8.61. The average Bonchev–Trinajstić information content (AvgIpc) is 3.07. The van der Waals surface area contributed by atoms with Crippen molar-refractivity contribution in [3.63, 3.8) is 0 Å². The normalized spacial score (nSPS) is 22.3. The van der Waals surface area contributed by atoms with Gasteiger partial charge in [0, 0.05) is 13.1 Å². The zero-order chi connectivity index (χ0) is 11.5. The largest absolute Gasteiger partial charge is 0.483 e. The first kappa shape index (κ1) is 13.9. The second kappa shape index (κ2) is 9.42. The van der Waals surface area contributed by atoms with Crippen LogP contribution < -0.4 is 10.6 Å². The predicted octanol–water partition coefficient (Wildman–Crippen LogP) is -0.496. The van der Waals surface area contributed by atoms with Gasteiger partial charge in [-0.05, 0) is 19.4 Å². The fourth-order valence-electron chi connectivity index (χ4n) is 1.06. The molecule has 0 aromatic carbocycles. The topological polar surface area (TPSA) is 109 Å². The van der Waals surface area contributed by atoms with Crippen molar-refractivity contribution in [1.82, 2.24) is 10.6 Å². The van der Waals surface area contributed by atoms with Crippen LogP contribution in [0.5, 0.6) is 0 Å². The Morgan fingerprint density at radius 3 is 2.00 bits per heavy atom. The van der Waals surface area contributed by atoms with Crippen molar-refractivity contribution in [2.45, 2.75) is 25.3 Å². The molecule has 0 amide bonds. The van der Waals surface area contributed by atoms with Crippen LogP contribution in [0.3, 0.4) is 0 Å². The standard InChI is InChI=1S/C6H11NO2.C2H5N.CH2O2/c8-6(9)5-3-1-2-4-7-5;1-2-3-1;2-1-3/h5,7H,1-4H2,(H,8,9);3H,1-2H2;1H,(H,2,3). The van der Waals surface area contributed by atoms with Gasteiger partial charge in [0.05, 0.1) is 0 Å². The first-order chi connectivity index (χ1) is 7.22. The maximum absolute atomic E-state index is 10.3. The van der Waals surface area contributed by atoms with Crippen molar-refractivity contribution in [3.8, 4) is 0 Å². The van der Waals surface area contributed by atoms with Gasteiger partial charge in [-0.2, -0.15) is 0 Å². The van der Waals surface area contributed by atoms with Crippen molar-refractivity contribution in [2.75, 3.05) is 19.6 Å². The van der Waals surface area contributed by atoms with Crippen LogP contribution in [0.25, 0.3) is 0 Å². The second-order valence-corrected chi connectivity index (χ2v) is 3.20. The van der Waals surface area contributed by atoms with E-state index in [1.165, 1.54) is 13.1 Å². The summed E-state index contributed by atoms with van der Waals surface area (Å²) >= 11 is 0. The molecule has 1 atom stereocenters. The smallest absolute Gasteiger partial charge is 0.320 e. The molecule has 6 nitrogen and oxygen atoms in total. The fraction of sp³-hybridized carbons (Fsp3) is 0.778. The van der Waals surface area contributed by atoms with E-state index in [-0.39, 0.29) is 12.5 Å². The van der Waals surface area contributed by atoms with Crippen LogP contribution in [0.4, 0.5) is 0 Å². The van der Waals surface area contributed by atoms with E-state index < -0.39 is 5.97 Å². The third kappa shape index (κ3) is 10.8. The van der Waals surface area contributed by atoms with Crippen molar-refractivity contribution in [2.24, 2.45) is 0 Å². The van der Waals surface area contributed by atoms with Crippen LogP contribution in [0.15, 0.2) is 0 Å². The number of carbonyl (C=O) groups is 2. The Kier molecular flexibility index (Phi) is 8.70. The highest BCUT2D eigenvalue weighted by Crippen LogP contribution is 2.05. The van der Waals surface area contributed by atoms with E-state index in [1.807, 2.05) is 0 Å². The molecule has 88 valence electrons. The lowest BCUT2D eigenvalue weighted by Crippen LogP contribution is -2.40. The number of carboxylic acids is 1. The first-order valence-corrected chi connectivity index (χ1v) is 4.97. The highest BCUT2D eigenvalue weighted by molar-refractivity contribution is 5.73. The summed E-state index contributed by atoms with van der Waals surface area (Å²) < 4.78 is 0. The lowest BCUT2D eigenvalue weighted by molar-refractivity contribution is -0.140. The lowest BCUT2D eigenvalue weighted by Gasteiger charge is -2.18. The van der Waals surface area contributed by atoms with Gasteiger partial charge in [-0.15, -0.1) is 0 Å². The van der Waals surface area contributed by atoms with Crippen LogP contribution in [0, 0.1) is 0 Å². The van der Waals surface area contributed by atoms with Crippen molar-refractivity contribution >= 4 is 12.4 Å². The first-order valence-electron chi connectivity index (χ1n) is 4.97.